The van der Waals surface area contributed by atoms with Crippen LogP contribution in [-0.2, 0) is 14.3 Å². The highest BCUT2D eigenvalue weighted by Gasteiger charge is 2.44. The molecule has 0 radical (unpaired) electrons. The van der Waals surface area contributed by atoms with Gasteiger partial charge in [0.1, 0.15) is 6.04 Å². The summed E-state index contributed by atoms with van der Waals surface area (Å²) >= 11 is 0. The summed E-state index contributed by atoms with van der Waals surface area (Å²) in [6.07, 6.45) is 6.44. The second-order valence-electron chi connectivity index (χ2n) is 8.91. The van der Waals surface area contributed by atoms with Gasteiger partial charge in [-0.1, -0.05) is 19.3 Å². The van der Waals surface area contributed by atoms with Crippen LogP contribution in [0.5, 0.6) is 11.5 Å². The Morgan fingerprint density at radius 1 is 1.09 bits per heavy atom. The Hall–Kier alpha value is -2.43. The minimum atomic E-state index is -0.800. The molecule has 1 N–H and O–H groups in total. The summed E-state index contributed by atoms with van der Waals surface area (Å²) in [4.78, 5) is 27.1. The minimum absolute atomic E-state index is 0.00971. The number of nitrogens with zero attached hydrogens (tertiary/aromatic N) is 2. The monoisotopic (exact) mass is 447 g/mol. The first-order chi connectivity index (χ1) is 15.5. The number of fused-ring (bicyclic) bond motifs is 1. The predicted molar refractivity (Wildman–Crippen MR) is 112 cm³/mol. The van der Waals surface area contributed by atoms with Crippen molar-refractivity contribution in [3.63, 3.8) is 0 Å². The highest BCUT2D eigenvalue weighted by molar-refractivity contribution is 5.85. The van der Waals surface area contributed by atoms with Gasteiger partial charge in [0.15, 0.2) is 17.3 Å². The summed E-state index contributed by atoms with van der Waals surface area (Å²) in [5.74, 6) is -0.0424. The van der Waals surface area contributed by atoms with Crippen molar-refractivity contribution in [2.24, 2.45) is 0 Å². The van der Waals surface area contributed by atoms with Gasteiger partial charge in [0.25, 0.3) is 5.69 Å². The van der Waals surface area contributed by atoms with Crippen LogP contribution in [0.3, 0.4) is 0 Å². The highest BCUT2D eigenvalue weighted by atomic mass is 16.7. The van der Waals surface area contributed by atoms with Crippen LogP contribution < -0.4 is 14.8 Å². The number of piperidine rings is 1. The number of nitro benzene ring substituents is 1. The summed E-state index contributed by atoms with van der Waals surface area (Å²) in [5, 5.41) is 15.1. The molecule has 0 unspecified atom stereocenters. The fraction of sp³-hybridized carbons (Fsp3) is 0.682. The van der Waals surface area contributed by atoms with E-state index in [4.69, 9.17) is 18.9 Å². The molecule has 4 aliphatic rings. The average molecular weight is 447 g/mol. The summed E-state index contributed by atoms with van der Waals surface area (Å²) in [6, 6.07) is 2.26. The van der Waals surface area contributed by atoms with Gasteiger partial charge in [0, 0.05) is 32.0 Å². The maximum atomic E-state index is 13.6. The first kappa shape index (κ1) is 21.4. The lowest BCUT2D eigenvalue weighted by atomic mass is 9.93. The van der Waals surface area contributed by atoms with Crippen LogP contribution in [0, 0.1) is 10.1 Å². The molecule has 1 saturated carbocycles. The standard InChI is InChI=1S/C22H29N3O7/c26-21(23-15-4-2-1-3-5-15)20(24-8-6-22(7-9-24)31-10-11-32-22)16-12-18-19(30-14-29-18)13-17(16)25(27)28/h12-13,15,20H,1-11,14H2,(H,23,26)/t20-/m1/s1. The molecule has 5 rings (SSSR count). The number of benzene rings is 1. The van der Waals surface area contributed by atoms with E-state index in [0.29, 0.717) is 56.2 Å². The Labute approximate surface area is 186 Å². The molecule has 32 heavy (non-hydrogen) atoms. The van der Waals surface area contributed by atoms with Gasteiger partial charge >= 0.3 is 0 Å². The van der Waals surface area contributed by atoms with Crippen molar-refractivity contribution in [1.29, 1.82) is 0 Å². The summed E-state index contributed by atoms with van der Waals surface area (Å²) in [5.41, 5.74) is 0.198. The molecule has 2 saturated heterocycles. The lowest BCUT2D eigenvalue weighted by Crippen LogP contribution is -2.51. The third-order valence-electron chi connectivity index (χ3n) is 6.95. The molecule has 174 valence electrons. The zero-order chi connectivity index (χ0) is 22.1. The molecule has 0 aromatic heterocycles. The zero-order valence-corrected chi connectivity index (χ0v) is 18.0. The van der Waals surface area contributed by atoms with Crippen LogP contribution in [0.2, 0.25) is 0 Å². The van der Waals surface area contributed by atoms with Crippen molar-refractivity contribution in [2.45, 2.75) is 62.8 Å². The number of hydrogen-bond acceptors (Lipinski definition) is 8. The number of amides is 1. The van der Waals surface area contributed by atoms with Gasteiger partial charge in [-0.15, -0.1) is 0 Å². The minimum Gasteiger partial charge on any atom is -0.454 e. The Morgan fingerprint density at radius 3 is 2.41 bits per heavy atom. The number of nitrogens with one attached hydrogen (secondary N) is 1. The fourth-order valence-corrected chi connectivity index (χ4v) is 5.26. The van der Waals surface area contributed by atoms with Crippen LogP contribution in [-0.4, -0.2) is 60.7 Å². The van der Waals surface area contributed by atoms with E-state index in [1.165, 1.54) is 12.5 Å². The maximum absolute atomic E-state index is 13.6. The molecule has 1 amide bonds. The summed E-state index contributed by atoms with van der Waals surface area (Å²) in [6.45, 7) is 2.22. The quantitative estimate of drug-likeness (QED) is 0.542. The fourth-order valence-electron chi connectivity index (χ4n) is 5.26. The van der Waals surface area contributed by atoms with E-state index in [0.717, 1.165) is 25.7 Å². The van der Waals surface area contributed by atoms with Crippen LogP contribution in [0.25, 0.3) is 0 Å². The SMILES string of the molecule is O=C(NC1CCCCC1)[C@@H](c1cc2c(cc1[N+](=O)[O-])OCO2)N1CCC2(CC1)OCCO2. The Balaban J connectivity index is 1.46. The van der Waals surface area contributed by atoms with Crippen molar-refractivity contribution in [1.82, 2.24) is 10.2 Å². The highest BCUT2D eigenvalue weighted by Crippen LogP contribution is 2.43. The first-order valence-corrected chi connectivity index (χ1v) is 11.4. The van der Waals surface area contributed by atoms with Crippen molar-refractivity contribution in [2.75, 3.05) is 33.1 Å². The number of likely N-dealkylation sites (tertiary alicyclic amines) is 1. The van der Waals surface area contributed by atoms with E-state index in [1.807, 2.05) is 4.90 Å². The van der Waals surface area contributed by atoms with Crippen LogP contribution in [0.15, 0.2) is 12.1 Å². The Kier molecular flexibility index (Phi) is 5.92. The Bertz CT molecular complexity index is 871. The van der Waals surface area contributed by atoms with Crippen LogP contribution in [0.4, 0.5) is 5.69 Å². The van der Waals surface area contributed by atoms with Crippen molar-refractivity contribution >= 4 is 11.6 Å². The summed E-state index contributed by atoms with van der Waals surface area (Å²) < 4.78 is 22.5. The largest absolute Gasteiger partial charge is 0.454 e. The summed E-state index contributed by atoms with van der Waals surface area (Å²) in [7, 11) is 0. The van der Waals surface area contributed by atoms with Crippen LogP contribution >= 0.6 is 0 Å². The third kappa shape index (κ3) is 4.14. The predicted octanol–water partition coefficient (Wildman–Crippen LogP) is 2.65. The molecule has 3 heterocycles. The van der Waals surface area contributed by atoms with Gasteiger partial charge in [-0.3, -0.25) is 19.8 Å². The third-order valence-corrected chi connectivity index (χ3v) is 6.95. The molecule has 1 aromatic carbocycles. The molecule has 3 fully saturated rings. The molecular weight excluding hydrogens is 418 g/mol. The number of carbonyl (C=O) groups excluding carboxylic acids is 1. The van der Waals surface area contributed by atoms with Crippen molar-refractivity contribution < 1.29 is 28.7 Å². The van der Waals surface area contributed by atoms with E-state index in [1.54, 1.807) is 6.07 Å². The molecule has 1 aromatic rings. The number of hydrogen-bond donors (Lipinski definition) is 1. The second-order valence-corrected chi connectivity index (χ2v) is 8.91. The molecule has 1 atom stereocenters. The molecule has 3 aliphatic heterocycles. The normalized spacial score (nSPS) is 23.9. The van der Waals surface area contributed by atoms with Crippen molar-refractivity contribution in [3.8, 4) is 11.5 Å². The van der Waals surface area contributed by atoms with Gasteiger partial charge in [0.2, 0.25) is 12.7 Å². The van der Waals surface area contributed by atoms with E-state index in [9.17, 15) is 14.9 Å². The first-order valence-electron chi connectivity index (χ1n) is 11.4. The molecule has 10 heteroatoms. The Morgan fingerprint density at radius 2 is 1.75 bits per heavy atom. The van der Waals surface area contributed by atoms with Gasteiger partial charge in [-0.05, 0) is 18.9 Å². The molecule has 0 bridgehead atoms. The number of ether oxygens (including phenoxy) is 4. The number of carbonyl (C=O) groups is 1. The molecule has 1 spiro atoms. The molecular formula is C22H29N3O7. The van der Waals surface area contributed by atoms with Gasteiger partial charge in [-0.2, -0.15) is 0 Å². The topological polar surface area (TPSA) is 112 Å². The van der Waals surface area contributed by atoms with Crippen LogP contribution in [0.1, 0.15) is 56.6 Å². The number of nitro groups is 1. The van der Waals surface area contributed by atoms with Gasteiger partial charge < -0.3 is 24.3 Å². The lowest BCUT2D eigenvalue weighted by Gasteiger charge is -2.41. The van der Waals surface area contributed by atoms with Crippen molar-refractivity contribution in [3.05, 3.63) is 27.8 Å². The molecule has 1 aliphatic carbocycles. The van der Waals surface area contributed by atoms with E-state index < -0.39 is 16.8 Å². The average Bonchev–Trinajstić information content (AvgIpc) is 3.45. The molecule has 10 nitrogen and oxygen atoms in total. The smallest absolute Gasteiger partial charge is 0.278 e. The van der Waals surface area contributed by atoms with E-state index in [-0.39, 0.29) is 24.4 Å². The lowest BCUT2D eigenvalue weighted by molar-refractivity contribution is -0.386. The van der Waals surface area contributed by atoms with Gasteiger partial charge in [0.05, 0.1) is 29.8 Å². The second kappa shape index (κ2) is 8.84. The van der Waals surface area contributed by atoms with Gasteiger partial charge in [-0.25, -0.2) is 0 Å². The maximum Gasteiger partial charge on any atom is 0.278 e. The van der Waals surface area contributed by atoms with E-state index >= 15 is 0 Å². The number of rotatable bonds is 5. The van der Waals surface area contributed by atoms with E-state index in [2.05, 4.69) is 5.32 Å². The zero-order valence-electron chi connectivity index (χ0n) is 18.0.